The summed E-state index contributed by atoms with van der Waals surface area (Å²) in [6.07, 6.45) is 5.41. The zero-order chi connectivity index (χ0) is 11.1. The second kappa shape index (κ2) is 4.06. The maximum absolute atomic E-state index is 6.41. The highest BCUT2D eigenvalue weighted by Gasteiger charge is 2.40. The Kier molecular flexibility index (Phi) is 3.09. The van der Waals surface area contributed by atoms with Gasteiger partial charge in [-0.05, 0) is 57.9 Å². The Morgan fingerprint density at radius 1 is 1.27 bits per heavy atom. The fraction of sp³-hybridized carbons (Fsp3) is 1.00. The van der Waals surface area contributed by atoms with E-state index in [4.69, 9.17) is 5.73 Å². The average Bonchev–Trinajstić information content (AvgIpc) is 2.92. The minimum Gasteiger partial charge on any atom is -0.324 e. The molecule has 0 amide bonds. The third-order valence-corrected chi connectivity index (χ3v) is 4.33. The summed E-state index contributed by atoms with van der Waals surface area (Å²) < 4.78 is 0. The van der Waals surface area contributed by atoms with Crippen molar-refractivity contribution in [1.82, 2.24) is 4.90 Å². The molecule has 0 bridgehead atoms. The third kappa shape index (κ3) is 2.73. The van der Waals surface area contributed by atoms with Gasteiger partial charge >= 0.3 is 0 Å². The first-order chi connectivity index (χ1) is 6.99. The van der Waals surface area contributed by atoms with Crippen molar-refractivity contribution in [3.8, 4) is 0 Å². The largest absolute Gasteiger partial charge is 0.324 e. The highest BCUT2D eigenvalue weighted by Crippen LogP contribution is 2.39. The van der Waals surface area contributed by atoms with Gasteiger partial charge in [0.1, 0.15) is 0 Å². The maximum Gasteiger partial charge on any atom is 0.0283 e. The molecule has 15 heavy (non-hydrogen) atoms. The van der Waals surface area contributed by atoms with Crippen LogP contribution in [0.5, 0.6) is 0 Å². The van der Waals surface area contributed by atoms with Crippen LogP contribution < -0.4 is 5.73 Å². The van der Waals surface area contributed by atoms with Gasteiger partial charge in [0.2, 0.25) is 0 Å². The third-order valence-electron chi connectivity index (χ3n) is 4.33. The molecule has 3 atom stereocenters. The van der Waals surface area contributed by atoms with Gasteiger partial charge in [-0.1, -0.05) is 6.92 Å². The molecule has 2 aliphatic rings. The number of piperidine rings is 1. The molecule has 3 unspecified atom stereocenters. The van der Waals surface area contributed by atoms with Gasteiger partial charge in [0.25, 0.3) is 0 Å². The van der Waals surface area contributed by atoms with Gasteiger partial charge in [0, 0.05) is 18.1 Å². The van der Waals surface area contributed by atoms with Crippen molar-refractivity contribution in [2.75, 3.05) is 13.1 Å². The molecule has 0 aromatic heterocycles. The minimum atomic E-state index is 0.0643. The van der Waals surface area contributed by atoms with Crippen molar-refractivity contribution < 1.29 is 0 Å². The van der Waals surface area contributed by atoms with Gasteiger partial charge in [-0.25, -0.2) is 0 Å². The molecule has 0 aromatic rings. The van der Waals surface area contributed by atoms with Crippen molar-refractivity contribution >= 4 is 0 Å². The molecular formula is C13H26N2. The quantitative estimate of drug-likeness (QED) is 0.774. The standard InChI is InChI=1S/C13H26N2/c1-10-6-7-15(11(2)8-10)9-13(3,14)12-4-5-12/h10-12H,4-9,14H2,1-3H3. The first-order valence-electron chi connectivity index (χ1n) is 6.52. The highest BCUT2D eigenvalue weighted by molar-refractivity contribution is 4.98. The number of nitrogens with zero attached hydrogens (tertiary/aromatic N) is 1. The normalized spacial score (nSPS) is 37.6. The second-order valence-corrected chi connectivity index (χ2v) is 6.23. The zero-order valence-electron chi connectivity index (χ0n) is 10.5. The predicted octanol–water partition coefficient (Wildman–Crippen LogP) is 2.23. The maximum atomic E-state index is 6.41. The molecule has 2 heteroatoms. The molecule has 1 heterocycles. The van der Waals surface area contributed by atoms with Crippen molar-refractivity contribution in [2.24, 2.45) is 17.6 Å². The lowest BCUT2D eigenvalue weighted by Crippen LogP contribution is -2.53. The molecule has 1 aliphatic heterocycles. The van der Waals surface area contributed by atoms with Gasteiger partial charge in [0.15, 0.2) is 0 Å². The van der Waals surface area contributed by atoms with E-state index in [-0.39, 0.29) is 5.54 Å². The Balaban J connectivity index is 1.88. The lowest BCUT2D eigenvalue weighted by Gasteiger charge is -2.41. The van der Waals surface area contributed by atoms with E-state index < -0.39 is 0 Å². The molecule has 2 N–H and O–H groups in total. The van der Waals surface area contributed by atoms with Gasteiger partial charge in [-0.15, -0.1) is 0 Å². The topological polar surface area (TPSA) is 29.3 Å². The Hall–Kier alpha value is -0.0800. The first-order valence-corrected chi connectivity index (χ1v) is 6.52. The van der Waals surface area contributed by atoms with Crippen LogP contribution >= 0.6 is 0 Å². The highest BCUT2D eigenvalue weighted by atomic mass is 15.2. The molecule has 2 rings (SSSR count). The van der Waals surface area contributed by atoms with Crippen LogP contribution in [0.15, 0.2) is 0 Å². The smallest absolute Gasteiger partial charge is 0.0283 e. The number of likely N-dealkylation sites (tertiary alicyclic amines) is 1. The lowest BCUT2D eigenvalue weighted by molar-refractivity contribution is 0.0983. The number of hydrogen-bond donors (Lipinski definition) is 1. The monoisotopic (exact) mass is 210 g/mol. The Labute approximate surface area is 94.2 Å². The van der Waals surface area contributed by atoms with Crippen molar-refractivity contribution in [3.63, 3.8) is 0 Å². The summed E-state index contributed by atoms with van der Waals surface area (Å²) in [7, 11) is 0. The van der Waals surface area contributed by atoms with Gasteiger partial charge in [-0.2, -0.15) is 0 Å². The number of nitrogens with two attached hydrogens (primary N) is 1. The van der Waals surface area contributed by atoms with E-state index in [0.29, 0.717) is 0 Å². The number of hydrogen-bond acceptors (Lipinski definition) is 2. The van der Waals surface area contributed by atoms with E-state index in [2.05, 4.69) is 25.7 Å². The van der Waals surface area contributed by atoms with Crippen molar-refractivity contribution in [3.05, 3.63) is 0 Å². The summed E-state index contributed by atoms with van der Waals surface area (Å²) in [4.78, 5) is 2.61. The Morgan fingerprint density at radius 3 is 2.47 bits per heavy atom. The summed E-state index contributed by atoms with van der Waals surface area (Å²) in [6.45, 7) is 9.33. The van der Waals surface area contributed by atoms with Crippen molar-refractivity contribution in [1.29, 1.82) is 0 Å². The SMILES string of the molecule is CC1CCN(CC(C)(N)C2CC2)C(C)C1. The van der Waals surface area contributed by atoms with E-state index in [9.17, 15) is 0 Å². The van der Waals surface area contributed by atoms with Gasteiger partial charge in [0.05, 0.1) is 0 Å². The van der Waals surface area contributed by atoms with E-state index in [1.165, 1.54) is 32.2 Å². The van der Waals surface area contributed by atoms with Crippen LogP contribution in [0.3, 0.4) is 0 Å². The molecule has 0 spiro atoms. The summed E-state index contributed by atoms with van der Waals surface area (Å²) in [6, 6.07) is 0.732. The second-order valence-electron chi connectivity index (χ2n) is 6.23. The Morgan fingerprint density at radius 2 is 1.93 bits per heavy atom. The van der Waals surface area contributed by atoms with E-state index in [0.717, 1.165) is 24.4 Å². The minimum absolute atomic E-state index is 0.0643. The van der Waals surface area contributed by atoms with Crippen LogP contribution in [-0.4, -0.2) is 29.6 Å². The summed E-state index contributed by atoms with van der Waals surface area (Å²) in [5.74, 6) is 1.70. The zero-order valence-corrected chi connectivity index (χ0v) is 10.5. The van der Waals surface area contributed by atoms with Crippen LogP contribution in [-0.2, 0) is 0 Å². The molecule has 2 nitrogen and oxygen atoms in total. The lowest BCUT2D eigenvalue weighted by atomic mass is 9.90. The molecule has 88 valence electrons. The Bertz CT molecular complexity index is 221. The van der Waals surface area contributed by atoms with Crippen LogP contribution in [0.4, 0.5) is 0 Å². The van der Waals surface area contributed by atoms with E-state index in [1.54, 1.807) is 0 Å². The molecule has 1 aliphatic carbocycles. The van der Waals surface area contributed by atoms with E-state index >= 15 is 0 Å². The summed E-state index contributed by atoms with van der Waals surface area (Å²) in [5.41, 5.74) is 6.47. The van der Waals surface area contributed by atoms with Crippen LogP contribution in [0.1, 0.15) is 46.5 Å². The van der Waals surface area contributed by atoms with Gasteiger partial charge in [-0.3, -0.25) is 4.90 Å². The first kappa shape index (κ1) is 11.4. The van der Waals surface area contributed by atoms with Crippen molar-refractivity contribution in [2.45, 2.75) is 58.0 Å². The molecular weight excluding hydrogens is 184 g/mol. The fourth-order valence-corrected chi connectivity index (χ4v) is 3.00. The van der Waals surface area contributed by atoms with Crippen LogP contribution in [0.2, 0.25) is 0 Å². The molecule has 1 saturated heterocycles. The molecule has 0 radical (unpaired) electrons. The van der Waals surface area contributed by atoms with Crippen LogP contribution in [0, 0.1) is 11.8 Å². The summed E-state index contributed by atoms with van der Waals surface area (Å²) in [5, 5.41) is 0. The van der Waals surface area contributed by atoms with Gasteiger partial charge < -0.3 is 5.73 Å². The molecule has 0 aromatic carbocycles. The average molecular weight is 210 g/mol. The summed E-state index contributed by atoms with van der Waals surface area (Å²) >= 11 is 0. The van der Waals surface area contributed by atoms with E-state index in [1.807, 2.05) is 0 Å². The van der Waals surface area contributed by atoms with Crippen LogP contribution in [0.25, 0.3) is 0 Å². The predicted molar refractivity (Wildman–Crippen MR) is 64.7 cm³/mol. The number of rotatable bonds is 3. The molecule has 1 saturated carbocycles. The fourth-order valence-electron chi connectivity index (χ4n) is 3.00. The molecule has 2 fully saturated rings.